The van der Waals surface area contributed by atoms with Crippen molar-refractivity contribution >= 4 is 41.6 Å². The topological polar surface area (TPSA) is 290 Å². The molecule has 4 atom stereocenters. The highest BCUT2D eigenvalue weighted by molar-refractivity contribution is 5.94. The lowest BCUT2D eigenvalue weighted by Crippen LogP contribution is -2.57. The minimum Gasteiger partial charge on any atom is -0.481 e. The molecule has 0 bridgehead atoms. The van der Waals surface area contributed by atoms with Gasteiger partial charge in [0.15, 0.2) is 5.96 Å². The summed E-state index contributed by atoms with van der Waals surface area (Å²) in [6, 6.07) is -5.46. The monoisotopic (exact) mass is 531 g/mol. The fourth-order valence-corrected chi connectivity index (χ4v) is 3.09. The van der Waals surface area contributed by atoms with E-state index in [1.807, 2.05) is 5.32 Å². The van der Waals surface area contributed by atoms with Gasteiger partial charge in [-0.1, -0.05) is 13.8 Å². The van der Waals surface area contributed by atoms with E-state index < -0.39 is 79.1 Å². The van der Waals surface area contributed by atoms with Crippen molar-refractivity contribution < 1.29 is 44.1 Å². The molecule has 0 aliphatic rings. The van der Waals surface area contributed by atoms with Crippen LogP contribution in [0.5, 0.6) is 0 Å². The number of carboxylic acid groups (broad SMARTS) is 3. The molecule has 12 N–H and O–H groups in total. The smallest absolute Gasteiger partial charge is 0.326 e. The molecule has 0 aliphatic carbocycles. The van der Waals surface area contributed by atoms with Gasteiger partial charge >= 0.3 is 17.9 Å². The largest absolute Gasteiger partial charge is 0.481 e. The average molecular weight is 532 g/mol. The first-order valence-electron chi connectivity index (χ1n) is 11.5. The van der Waals surface area contributed by atoms with Crippen LogP contribution in [0, 0.1) is 5.92 Å². The summed E-state index contributed by atoms with van der Waals surface area (Å²) in [6.07, 6.45) is -1.17. The Hall–Kier alpha value is -3.95. The van der Waals surface area contributed by atoms with Crippen LogP contribution >= 0.6 is 0 Å². The molecule has 210 valence electrons. The Morgan fingerprint density at radius 2 is 1.32 bits per heavy atom. The number of carbonyl (C=O) groups is 6. The van der Waals surface area contributed by atoms with Crippen LogP contribution in [0.1, 0.15) is 52.4 Å². The standard InChI is InChI=1S/C21H37N7O9/c1-10(2)8-13(27-17(33)11(22)4-3-7-25-21(23)24)19(35)26-12(5-6-15(29)30)18(34)28-14(20(36)37)9-16(31)32/h10-14H,3-9,22H2,1-2H3,(H,26,35)(H,27,33)(H,28,34)(H,29,30)(H,31,32)(H,36,37)(H4,23,24,25). The quantitative estimate of drug-likeness (QED) is 0.0495. The molecule has 0 spiro atoms. The SMILES string of the molecule is CC(C)CC(NC(=O)C(N)CCCN=C(N)N)C(=O)NC(CCC(=O)O)C(=O)NC(CC(=O)O)C(=O)O. The zero-order valence-corrected chi connectivity index (χ0v) is 20.8. The van der Waals surface area contributed by atoms with Gasteiger partial charge < -0.3 is 48.5 Å². The first kappa shape index (κ1) is 33.0. The van der Waals surface area contributed by atoms with Crippen molar-refractivity contribution in [3.05, 3.63) is 0 Å². The Labute approximate surface area is 213 Å². The normalized spacial score (nSPS) is 13.9. The van der Waals surface area contributed by atoms with Crippen LogP contribution in [0.15, 0.2) is 4.99 Å². The van der Waals surface area contributed by atoms with E-state index in [-0.39, 0.29) is 31.3 Å². The Kier molecular flexibility index (Phi) is 14.9. The summed E-state index contributed by atoms with van der Waals surface area (Å²) in [5.41, 5.74) is 16.3. The zero-order valence-electron chi connectivity index (χ0n) is 20.8. The van der Waals surface area contributed by atoms with Crippen molar-refractivity contribution in [2.45, 2.75) is 76.5 Å². The second kappa shape index (κ2) is 16.7. The number of guanidine groups is 1. The second-order valence-corrected chi connectivity index (χ2v) is 8.74. The number of rotatable bonds is 18. The van der Waals surface area contributed by atoms with Crippen molar-refractivity contribution in [3.8, 4) is 0 Å². The fourth-order valence-electron chi connectivity index (χ4n) is 3.09. The van der Waals surface area contributed by atoms with E-state index >= 15 is 0 Å². The Bertz CT molecular complexity index is 859. The van der Waals surface area contributed by atoms with Gasteiger partial charge in [0.05, 0.1) is 12.5 Å². The van der Waals surface area contributed by atoms with E-state index in [1.54, 1.807) is 13.8 Å². The summed E-state index contributed by atoms with van der Waals surface area (Å²) >= 11 is 0. The average Bonchev–Trinajstić information content (AvgIpc) is 2.76. The predicted octanol–water partition coefficient (Wildman–Crippen LogP) is -2.71. The van der Waals surface area contributed by atoms with Crippen molar-refractivity contribution in [2.24, 2.45) is 28.1 Å². The summed E-state index contributed by atoms with van der Waals surface area (Å²) in [5, 5.41) is 33.8. The summed E-state index contributed by atoms with van der Waals surface area (Å²) in [6.45, 7) is 3.80. The maximum absolute atomic E-state index is 13.0. The molecule has 3 amide bonds. The molecular weight excluding hydrogens is 494 g/mol. The van der Waals surface area contributed by atoms with Gasteiger partial charge in [-0.2, -0.15) is 0 Å². The summed E-state index contributed by atoms with van der Waals surface area (Å²) in [7, 11) is 0. The van der Waals surface area contributed by atoms with Crippen LogP contribution < -0.4 is 33.2 Å². The lowest BCUT2D eigenvalue weighted by atomic mass is 10.0. The van der Waals surface area contributed by atoms with Gasteiger partial charge in [0.25, 0.3) is 0 Å². The molecule has 4 unspecified atom stereocenters. The highest BCUT2D eigenvalue weighted by Crippen LogP contribution is 2.08. The molecule has 0 rings (SSSR count). The molecular formula is C21H37N7O9. The van der Waals surface area contributed by atoms with Crippen LogP contribution in [-0.4, -0.2) is 87.6 Å². The Morgan fingerprint density at radius 1 is 0.784 bits per heavy atom. The fraction of sp³-hybridized carbons (Fsp3) is 0.667. The third-order valence-electron chi connectivity index (χ3n) is 4.92. The van der Waals surface area contributed by atoms with Gasteiger partial charge in [0.1, 0.15) is 18.1 Å². The van der Waals surface area contributed by atoms with E-state index in [9.17, 15) is 28.8 Å². The van der Waals surface area contributed by atoms with Gasteiger partial charge in [-0.3, -0.25) is 29.0 Å². The van der Waals surface area contributed by atoms with Crippen LogP contribution in [0.2, 0.25) is 0 Å². The summed E-state index contributed by atoms with van der Waals surface area (Å²) in [4.78, 5) is 75.2. The highest BCUT2D eigenvalue weighted by atomic mass is 16.4. The maximum atomic E-state index is 13.0. The third-order valence-corrected chi connectivity index (χ3v) is 4.92. The van der Waals surface area contributed by atoms with E-state index in [1.165, 1.54) is 0 Å². The molecule has 0 aromatic carbocycles. The van der Waals surface area contributed by atoms with E-state index in [2.05, 4.69) is 15.6 Å². The van der Waals surface area contributed by atoms with Gasteiger partial charge in [0.2, 0.25) is 17.7 Å². The predicted molar refractivity (Wildman–Crippen MR) is 130 cm³/mol. The number of aliphatic carboxylic acids is 3. The summed E-state index contributed by atoms with van der Waals surface area (Å²) < 4.78 is 0. The molecule has 16 nitrogen and oxygen atoms in total. The molecule has 0 heterocycles. The highest BCUT2D eigenvalue weighted by Gasteiger charge is 2.31. The lowest BCUT2D eigenvalue weighted by Gasteiger charge is -2.25. The van der Waals surface area contributed by atoms with Crippen LogP contribution in [-0.2, 0) is 28.8 Å². The molecule has 0 fully saturated rings. The molecule has 0 aromatic heterocycles. The Morgan fingerprint density at radius 3 is 1.81 bits per heavy atom. The van der Waals surface area contributed by atoms with Gasteiger partial charge in [0, 0.05) is 13.0 Å². The second-order valence-electron chi connectivity index (χ2n) is 8.74. The molecule has 0 saturated carbocycles. The molecule has 0 saturated heterocycles. The van der Waals surface area contributed by atoms with Crippen molar-refractivity contribution in [1.82, 2.24) is 16.0 Å². The van der Waals surface area contributed by atoms with Crippen LogP contribution in [0.4, 0.5) is 0 Å². The third kappa shape index (κ3) is 14.9. The minimum atomic E-state index is -1.81. The number of hydrogen-bond donors (Lipinski definition) is 9. The van der Waals surface area contributed by atoms with Crippen LogP contribution in [0.25, 0.3) is 0 Å². The molecule has 37 heavy (non-hydrogen) atoms. The van der Waals surface area contributed by atoms with Gasteiger partial charge in [-0.25, -0.2) is 4.79 Å². The maximum Gasteiger partial charge on any atom is 0.326 e. The van der Waals surface area contributed by atoms with Crippen molar-refractivity contribution in [2.75, 3.05) is 6.54 Å². The molecule has 0 aliphatic heterocycles. The Balaban J connectivity index is 5.50. The lowest BCUT2D eigenvalue weighted by molar-refractivity contribution is -0.147. The summed E-state index contributed by atoms with van der Waals surface area (Å²) in [5.74, 6) is -7.17. The number of carbonyl (C=O) groups excluding carboxylic acids is 3. The van der Waals surface area contributed by atoms with Crippen LogP contribution in [0.3, 0.4) is 0 Å². The zero-order chi connectivity index (χ0) is 28.7. The number of nitrogens with one attached hydrogen (secondary N) is 3. The number of nitrogens with zero attached hydrogens (tertiary/aromatic N) is 1. The van der Waals surface area contributed by atoms with Crippen molar-refractivity contribution in [3.63, 3.8) is 0 Å². The van der Waals surface area contributed by atoms with Gasteiger partial charge in [-0.15, -0.1) is 0 Å². The number of aliphatic imine (C=N–C) groups is 1. The first-order valence-corrected chi connectivity index (χ1v) is 11.5. The molecule has 16 heteroatoms. The molecule has 0 aromatic rings. The van der Waals surface area contributed by atoms with E-state index in [0.717, 1.165) is 0 Å². The molecule has 0 radical (unpaired) electrons. The van der Waals surface area contributed by atoms with Crippen molar-refractivity contribution in [1.29, 1.82) is 0 Å². The number of nitrogens with two attached hydrogens (primary N) is 3. The van der Waals surface area contributed by atoms with Gasteiger partial charge in [-0.05, 0) is 31.6 Å². The number of amides is 3. The minimum absolute atomic E-state index is 0.0904. The number of carboxylic acids is 3. The van der Waals surface area contributed by atoms with E-state index in [0.29, 0.717) is 6.42 Å². The number of hydrogen-bond acceptors (Lipinski definition) is 8. The first-order chi connectivity index (χ1) is 17.1. The van der Waals surface area contributed by atoms with E-state index in [4.69, 9.17) is 32.5 Å².